The second-order valence-corrected chi connectivity index (χ2v) is 19.7. The zero-order valence-electron chi connectivity index (χ0n) is 63.2. The van der Waals surface area contributed by atoms with Crippen LogP contribution in [0.15, 0.2) is 141 Å². The van der Waals surface area contributed by atoms with Crippen molar-refractivity contribution in [2.45, 2.75) is 166 Å². The van der Waals surface area contributed by atoms with Crippen LogP contribution in [0, 0.1) is 83.1 Å². The van der Waals surface area contributed by atoms with Crippen LogP contribution in [0.3, 0.4) is 0 Å². The Hall–Kier alpha value is -8.36. The quantitative estimate of drug-likeness (QED) is 0.113. The summed E-state index contributed by atoms with van der Waals surface area (Å²) in [6.07, 6.45) is 0. The number of H-pyrrole nitrogens is 4. The average molecular weight is 1150 g/mol. The molecule has 8 aromatic carbocycles. The van der Waals surface area contributed by atoms with E-state index in [1.54, 1.807) is 0 Å². The third kappa shape index (κ3) is 15.2. The first-order valence-corrected chi connectivity index (χ1v) is 30.4. The van der Waals surface area contributed by atoms with E-state index in [0.717, 1.165) is 132 Å². The molecule has 12 aromatic rings. The Morgan fingerprint density at radius 2 is 0.393 bits per heavy atom. The number of nitrogens with one attached hydrogen (secondary N) is 4. The molecule has 0 amide bonds. The number of aromatic amines is 4. The standard InChI is InChI=1S/4C16H15NO.6C2H6.6H2/c4*1-9-4-6-12-14(8-9)17-15-11(3)10(2)5-7-13(15)16(12)18;6*1-2;;;;;;/h4*4-8H,1-3H3,(H,17,18);6*1-2H3;6*1H/i;;;;;;;;;;4*1+1D;2*1+1. The Morgan fingerprint density at radius 3 is 0.560 bits per heavy atom. The summed E-state index contributed by atoms with van der Waals surface area (Å²) >= 11 is 0. The summed E-state index contributed by atoms with van der Waals surface area (Å²) in [5.74, 6) is 0. The lowest BCUT2D eigenvalue weighted by molar-refractivity contribution is 1.33. The van der Waals surface area contributed by atoms with Gasteiger partial charge in [-0.25, -0.2) is 0 Å². The molecule has 0 saturated heterocycles. The summed E-state index contributed by atoms with van der Waals surface area (Å²) in [5, 5.41) is 6.13. The number of hydrogen-bond acceptors (Lipinski definition) is 4. The molecule has 8 heteroatoms. The van der Waals surface area contributed by atoms with E-state index in [4.69, 9.17) is 11.9 Å². The number of aryl methyl sites for hydroxylation is 12. The predicted octanol–water partition coefficient (Wildman–Crippen LogP) is 22.1. The minimum absolute atomic E-state index is 0. The molecule has 0 bridgehead atoms. The van der Waals surface area contributed by atoms with E-state index in [-0.39, 0.29) is 24.6 Å². The van der Waals surface area contributed by atoms with Crippen molar-refractivity contribution in [3.8, 4) is 0 Å². The van der Waals surface area contributed by atoms with Gasteiger partial charge in [-0.15, -0.1) is 0 Å². The van der Waals surface area contributed by atoms with Crippen molar-refractivity contribution in [3.05, 3.63) is 229 Å². The molecule has 8 nitrogen and oxygen atoms in total. The normalized spacial score (nSPS) is 10.5. The van der Waals surface area contributed by atoms with E-state index in [0.29, 0.717) is 0 Å². The van der Waals surface area contributed by atoms with Crippen molar-refractivity contribution in [2.75, 3.05) is 0 Å². The lowest BCUT2D eigenvalue weighted by atomic mass is 10.0. The first-order valence-electron chi connectivity index (χ1n) is 34.4. The molecule has 456 valence electrons. The fraction of sp³-hybridized carbons (Fsp3) is 0.316. The van der Waals surface area contributed by atoms with Crippen LogP contribution in [0.4, 0.5) is 0 Å². The fourth-order valence-corrected chi connectivity index (χ4v) is 9.62. The van der Waals surface area contributed by atoms with E-state index in [1.807, 2.05) is 232 Å². The molecule has 12 rings (SSSR count). The fourth-order valence-electron chi connectivity index (χ4n) is 9.62. The van der Waals surface area contributed by atoms with Gasteiger partial charge >= 0.3 is 0 Å². The molecule has 0 atom stereocenters. The smallest absolute Gasteiger partial charge is 0.197 e. The second kappa shape index (κ2) is 32.5. The van der Waals surface area contributed by atoms with Crippen LogP contribution in [0.5, 0.6) is 0 Å². The van der Waals surface area contributed by atoms with Gasteiger partial charge in [0.25, 0.3) is 0 Å². The highest BCUT2D eigenvalue weighted by Gasteiger charge is 2.12. The Bertz CT molecular complexity index is 3930. The van der Waals surface area contributed by atoms with Crippen molar-refractivity contribution in [1.29, 1.82) is 0 Å². The minimum atomic E-state index is 0. The van der Waals surface area contributed by atoms with Crippen LogP contribution >= 0.6 is 0 Å². The summed E-state index contributed by atoms with van der Waals surface area (Å²) in [4.78, 5) is 63.4. The molecular formula is C76H108N4O4. The van der Waals surface area contributed by atoms with Gasteiger partial charge in [-0.1, -0.05) is 132 Å². The van der Waals surface area contributed by atoms with Gasteiger partial charge in [0.1, 0.15) is 0 Å². The van der Waals surface area contributed by atoms with Gasteiger partial charge in [0.2, 0.25) is 0 Å². The topological polar surface area (TPSA) is 131 Å². The van der Waals surface area contributed by atoms with Gasteiger partial charge < -0.3 is 19.9 Å². The van der Waals surface area contributed by atoms with E-state index < -0.39 is 0 Å². The second-order valence-electron chi connectivity index (χ2n) is 19.7. The van der Waals surface area contributed by atoms with Crippen molar-refractivity contribution in [3.63, 3.8) is 0 Å². The van der Waals surface area contributed by atoms with Crippen molar-refractivity contribution < 1.29 is 14.7 Å². The molecule has 0 spiro atoms. The molecule has 0 radical (unpaired) electrons. The number of fused-ring (bicyclic) bond motifs is 8. The summed E-state index contributed by atoms with van der Waals surface area (Å²) in [6, 6.07) is 39.3. The number of aromatic nitrogens is 4. The van der Waals surface area contributed by atoms with Crippen molar-refractivity contribution in [2.24, 2.45) is 0 Å². The molecule has 4 N–H and O–H groups in total. The first-order chi connectivity index (χ1) is 44.3. The minimum Gasteiger partial charge on any atom is -0.354 e. The van der Waals surface area contributed by atoms with Crippen molar-refractivity contribution in [1.82, 2.24) is 19.9 Å². The zero-order valence-corrected chi connectivity index (χ0v) is 55.2. The maximum atomic E-state index is 12.4. The van der Waals surface area contributed by atoms with E-state index in [1.165, 1.54) is 22.3 Å². The SMILES string of the molecule is CC.CC.CC.CC.CC.CC.Cc1ccc2c(=O)c3ccc(C)c(C)c3[nH]c2c1.Cc1ccc2c(=O)c3ccc(C)c(C)c3[nH]c2c1.Cc1ccc2c(=O)c3ccc(C)c(C)c3[nH]c2c1.Cc1ccc2c(=O)c3ccc(C)c(C)c3[nH]c2c1.[2HH].[2HH].[2H][2H].[2H][2H].[2H][2H].[2H][2H]. The van der Waals surface area contributed by atoms with E-state index >= 15 is 0 Å². The molecule has 0 aliphatic carbocycles. The molecular weight excluding hydrogens is 1030 g/mol. The molecule has 0 unspecified atom stereocenters. The number of benzene rings is 8. The summed E-state index contributed by atoms with van der Waals surface area (Å²) in [6.45, 7) is 48.6. The van der Waals surface area contributed by atoms with E-state index in [9.17, 15) is 19.2 Å². The van der Waals surface area contributed by atoms with Crippen LogP contribution in [-0.4, -0.2) is 19.9 Å². The maximum absolute atomic E-state index is 12.4. The zero-order chi connectivity index (χ0) is 71.4. The monoisotopic (exact) mass is 1150 g/mol. The maximum Gasteiger partial charge on any atom is 0.197 e. The van der Waals surface area contributed by atoms with Gasteiger partial charge in [-0.05, 0) is 223 Å². The van der Waals surface area contributed by atoms with Gasteiger partial charge in [0.05, 0.1) is 44.1 Å². The molecule has 4 heterocycles. The molecule has 4 aromatic heterocycles. The molecule has 0 aliphatic heterocycles. The number of pyridine rings is 4. The van der Waals surface area contributed by atoms with Gasteiger partial charge in [0, 0.05) is 57.8 Å². The molecule has 0 fully saturated rings. The third-order valence-electron chi connectivity index (χ3n) is 14.6. The highest BCUT2D eigenvalue weighted by Crippen LogP contribution is 2.25. The highest BCUT2D eigenvalue weighted by atomic mass is 16.1. The number of hydrogen-bond donors (Lipinski definition) is 4. The van der Waals surface area contributed by atoms with Gasteiger partial charge in [0.15, 0.2) is 21.7 Å². The Kier molecular flexibility index (Phi) is 24.4. The predicted molar refractivity (Wildman–Crippen MR) is 386 cm³/mol. The van der Waals surface area contributed by atoms with Crippen molar-refractivity contribution >= 4 is 87.2 Å². The van der Waals surface area contributed by atoms with Crippen LogP contribution in [-0.2, 0) is 0 Å². The highest BCUT2D eigenvalue weighted by molar-refractivity contribution is 5.97. The summed E-state index contributed by atoms with van der Waals surface area (Å²) in [5.41, 5.74) is 22.0. The van der Waals surface area contributed by atoms with E-state index in [2.05, 4.69) is 75.3 Å². The van der Waals surface area contributed by atoms with Crippen LogP contribution in [0.25, 0.3) is 87.2 Å². The Balaban J connectivity index is -0.000000523. The Labute approximate surface area is 515 Å². The lowest BCUT2D eigenvalue weighted by Crippen LogP contribution is -2.05. The lowest BCUT2D eigenvalue weighted by Gasteiger charge is -2.08. The summed E-state index contributed by atoms with van der Waals surface area (Å²) < 4.78 is 40.0. The Morgan fingerprint density at radius 1 is 0.238 bits per heavy atom. The van der Waals surface area contributed by atoms with Crippen LogP contribution < -0.4 is 21.7 Å². The van der Waals surface area contributed by atoms with Gasteiger partial charge in [-0.2, -0.15) is 0 Å². The van der Waals surface area contributed by atoms with Crippen LogP contribution in [0.1, 0.15) is 165 Å². The largest absolute Gasteiger partial charge is 0.354 e. The number of rotatable bonds is 0. The van der Waals surface area contributed by atoms with Crippen LogP contribution in [0.2, 0.25) is 0 Å². The molecule has 0 saturated carbocycles. The molecule has 0 aliphatic rings. The average Bonchev–Trinajstić information content (AvgIpc) is 0.798. The van der Waals surface area contributed by atoms with Gasteiger partial charge in [-0.3, -0.25) is 19.2 Å². The third-order valence-corrected chi connectivity index (χ3v) is 14.6. The first kappa shape index (κ1) is 63.2. The summed E-state index contributed by atoms with van der Waals surface area (Å²) in [7, 11) is 0. The molecule has 84 heavy (non-hydrogen) atoms.